The van der Waals surface area contributed by atoms with Crippen LogP contribution >= 0.6 is 0 Å². The van der Waals surface area contributed by atoms with Gasteiger partial charge in [-0.2, -0.15) is 0 Å². The average Bonchev–Trinajstić information content (AvgIpc) is 2.76. The van der Waals surface area contributed by atoms with E-state index in [1.54, 1.807) is 37.3 Å². The molecule has 0 aliphatic carbocycles. The lowest BCUT2D eigenvalue weighted by Crippen LogP contribution is -2.21. The quantitative estimate of drug-likeness (QED) is 0.497. The maximum absolute atomic E-state index is 13.6. The second-order valence-corrected chi connectivity index (χ2v) is 8.49. The number of carbonyl (C=O) groups is 1. The van der Waals surface area contributed by atoms with Crippen molar-refractivity contribution in [1.82, 2.24) is 0 Å². The molecule has 0 aromatic heterocycles. The molecule has 0 bridgehead atoms. The van der Waals surface area contributed by atoms with Gasteiger partial charge in [-0.1, -0.05) is 12.1 Å². The Morgan fingerprint density at radius 1 is 1.00 bits per heavy atom. The van der Waals surface area contributed by atoms with Crippen LogP contribution in [0.1, 0.15) is 12.5 Å². The zero-order chi connectivity index (χ0) is 23.1. The van der Waals surface area contributed by atoms with Crippen molar-refractivity contribution in [3.63, 3.8) is 0 Å². The van der Waals surface area contributed by atoms with Crippen LogP contribution in [0.15, 0.2) is 71.6 Å². The molecule has 0 atom stereocenters. The molecule has 2 N–H and O–H groups in total. The molecule has 168 valence electrons. The minimum atomic E-state index is -3.82. The summed E-state index contributed by atoms with van der Waals surface area (Å²) >= 11 is 0. The van der Waals surface area contributed by atoms with E-state index in [4.69, 9.17) is 9.47 Å². The van der Waals surface area contributed by atoms with E-state index in [-0.39, 0.29) is 17.2 Å². The molecule has 0 fully saturated rings. The van der Waals surface area contributed by atoms with Crippen molar-refractivity contribution in [1.29, 1.82) is 0 Å². The van der Waals surface area contributed by atoms with E-state index >= 15 is 0 Å². The minimum Gasteiger partial charge on any atom is -0.494 e. The Labute approximate surface area is 186 Å². The fraction of sp³-hybridized carbons (Fsp3) is 0.174. The Balaban J connectivity index is 1.63. The molecular weight excluding hydrogens is 435 g/mol. The predicted molar refractivity (Wildman–Crippen MR) is 120 cm³/mol. The molecule has 0 spiro atoms. The van der Waals surface area contributed by atoms with Crippen molar-refractivity contribution in [3.8, 4) is 11.5 Å². The van der Waals surface area contributed by atoms with Gasteiger partial charge in [0.1, 0.15) is 17.3 Å². The lowest BCUT2D eigenvalue weighted by Gasteiger charge is -2.13. The topological polar surface area (TPSA) is 93.7 Å². The van der Waals surface area contributed by atoms with Crippen LogP contribution in [0.3, 0.4) is 0 Å². The summed E-state index contributed by atoms with van der Waals surface area (Å²) in [6.45, 7) is 3.69. The Morgan fingerprint density at radius 3 is 2.38 bits per heavy atom. The van der Waals surface area contributed by atoms with Gasteiger partial charge in [0.25, 0.3) is 15.9 Å². The summed E-state index contributed by atoms with van der Waals surface area (Å²) in [5.41, 5.74) is 0.981. The Bertz CT molecular complexity index is 1200. The van der Waals surface area contributed by atoms with Gasteiger partial charge in [0.2, 0.25) is 0 Å². The third-order valence-electron chi connectivity index (χ3n) is 4.38. The number of hydrogen-bond donors (Lipinski definition) is 2. The number of ether oxygens (including phenoxy) is 2. The van der Waals surface area contributed by atoms with Crippen molar-refractivity contribution in [2.75, 3.05) is 23.3 Å². The number of anilines is 2. The molecular formula is C23H23FN2O5S. The van der Waals surface area contributed by atoms with Gasteiger partial charge in [-0.15, -0.1) is 0 Å². The lowest BCUT2D eigenvalue weighted by molar-refractivity contribution is -0.118. The molecule has 1 amide bonds. The average molecular weight is 459 g/mol. The van der Waals surface area contributed by atoms with Gasteiger partial charge in [0.05, 0.1) is 17.2 Å². The van der Waals surface area contributed by atoms with E-state index in [2.05, 4.69) is 10.0 Å². The van der Waals surface area contributed by atoms with Crippen LogP contribution in [-0.2, 0) is 14.8 Å². The molecule has 9 heteroatoms. The van der Waals surface area contributed by atoms with Gasteiger partial charge >= 0.3 is 0 Å². The van der Waals surface area contributed by atoms with Crippen molar-refractivity contribution in [2.24, 2.45) is 0 Å². The van der Waals surface area contributed by atoms with Crippen LogP contribution in [0.25, 0.3) is 0 Å². The third kappa shape index (κ3) is 5.98. The van der Waals surface area contributed by atoms with Crippen LogP contribution < -0.4 is 19.5 Å². The first kappa shape index (κ1) is 23.1. The van der Waals surface area contributed by atoms with E-state index in [0.29, 0.717) is 29.4 Å². The number of aryl methyl sites for hydroxylation is 1. The number of carbonyl (C=O) groups excluding carboxylic acids is 1. The molecule has 3 rings (SSSR count). The van der Waals surface area contributed by atoms with Crippen LogP contribution in [0.2, 0.25) is 0 Å². The molecule has 32 heavy (non-hydrogen) atoms. The first-order valence-electron chi connectivity index (χ1n) is 9.82. The number of benzene rings is 3. The zero-order valence-corrected chi connectivity index (χ0v) is 18.4. The molecule has 0 unspecified atom stereocenters. The first-order chi connectivity index (χ1) is 15.3. The second-order valence-electron chi connectivity index (χ2n) is 6.81. The molecule has 0 saturated carbocycles. The van der Waals surface area contributed by atoms with Crippen molar-refractivity contribution in [2.45, 2.75) is 18.7 Å². The molecule has 3 aromatic rings. The minimum absolute atomic E-state index is 0.0482. The van der Waals surface area contributed by atoms with Crippen molar-refractivity contribution >= 4 is 27.3 Å². The van der Waals surface area contributed by atoms with Crippen LogP contribution in [0, 0.1) is 12.7 Å². The summed E-state index contributed by atoms with van der Waals surface area (Å²) in [5, 5.41) is 2.42. The predicted octanol–water partition coefficient (Wildman–Crippen LogP) is 4.35. The van der Waals surface area contributed by atoms with Gasteiger partial charge in [0, 0.05) is 5.69 Å². The zero-order valence-electron chi connectivity index (χ0n) is 17.6. The lowest BCUT2D eigenvalue weighted by atomic mass is 10.2. The summed E-state index contributed by atoms with van der Waals surface area (Å²) in [7, 11) is -3.82. The monoisotopic (exact) mass is 458 g/mol. The van der Waals surface area contributed by atoms with Gasteiger partial charge in [0.15, 0.2) is 6.61 Å². The highest BCUT2D eigenvalue weighted by atomic mass is 32.2. The standard InChI is InChI=1S/C23H23FN2O5S/c1-3-30-18-10-8-17(9-11-18)26-32(28,29)19-12-13-22(16(2)14-19)31-15-23(27)25-21-7-5-4-6-20(21)24/h4-14,26H,3,15H2,1-2H3,(H,25,27). The van der Waals surface area contributed by atoms with Gasteiger partial charge in [-0.05, 0) is 74.0 Å². The Kier molecular flexibility index (Phi) is 7.32. The van der Waals surface area contributed by atoms with Gasteiger partial charge in [-0.25, -0.2) is 12.8 Å². The van der Waals surface area contributed by atoms with Gasteiger partial charge < -0.3 is 14.8 Å². The number of rotatable bonds is 9. The molecule has 0 aliphatic heterocycles. The van der Waals surface area contributed by atoms with E-state index in [1.165, 1.54) is 36.4 Å². The number of nitrogens with one attached hydrogen (secondary N) is 2. The van der Waals surface area contributed by atoms with Crippen molar-refractivity contribution < 1.29 is 27.1 Å². The molecule has 7 nitrogen and oxygen atoms in total. The normalized spacial score (nSPS) is 11.0. The highest BCUT2D eigenvalue weighted by Gasteiger charge is 2.16. The van der Waals surface area contributed by atoms with Gasteiger partial charge in [-0.3, -0.25) is 9.52 Å². The number of para-hydroxylation sites is 1. The number of halogens is 1. The summed E-state index contributed by atoms with van der Waals surface area (Å²) in [6, 6.07) is 16.7. The van der Waals surface area contributed by atoms with Crippen LogP contribution in [-0.4, -0.2) is 27.5 Å². The van der Waals surface area contributed by atoms with E-state index in [1.807, 2.05) is 6.92 Å². The molecule has 0 saturated heterocycles. The largest absolute Gasteiger partial charge is 0.494 e. The highest BCUT2D eigenvalue weighted by Crippen LogP contribution is 2.24. The number of amides is 1. The number of sulfonamides is 1. The second kappa shape index (κ2) is 10.1. The fourth-order valence-corrected chi connectivity index (χ4v) is 3.99. The summed E-state index contributed by atoms with van der Waals surface area (Å²) < 4.78 is 52.3. The van der Waals surface area contributed by atoms with Crippen LogP contribution in [0.4, 0.5) is 15.8 Å². The maximum atomic E-state index is 13.6. The van der Waals surface area contributed by atoms with E-state index in [9.17, 15) is 17.6 Å². The summed E-state index contributed by atoms with van der Waals surface area (Å²) in [6.07, 6.45) is 0. The maximum Gasteiger partial charge on any atom is 0.262 e. The van der Waals surface area contributed by atoms with Crippen molar-refractivity contribution in [3.05, 3.63) is 78.1 Å². The highest BCUT2D eigenvalue weighted by molar-refractivity contribution is 7.92. The number of hydrogen-bond acceptors (Lipinski definition) is 5. The molecule has 0 aliphatic rings. The van der Waals surface area contributed by atoms with E-state index < -0.39 is 21.7 Å². The summed E-state index contributed by atoms with van der Waals surface area (Å²) in [5.74, 6) is -0.101. The van der Waals surface area contributed by atoms with E-state index in [0.717, 1.165) is 0 Å². The third-order valence-corrected chi connectivity index (χ3v) is 5.76. The molecule has 0 radical (unpaired) electrons. The SMILES string of the molecule is CCOc1ccc(NS(=O)(=O)c2ccc(OCC(=O)Nc3ccccc3F)c(C)c2)cc1. The van der Waals surface area contributed by atoms with Crippen LogP contribution in [0.5, 0.6) is 11.5 Å². The Morgan fingerprint density at radius 2 is 1.72 bits per heavy atom. The first-order valence-corrected chi connectivity index (χ1v) is 11.3. The fourth-order valence-electron chi connectivity index (χ4n) is 2.84. The molecule has 0 heterocycles. The summed E-state index contributed by atoms with van der Waals surface area (Å²) in [4.78, 5) is 12.1. The molecule has 3 aromatic carbocycles. The smallest absolute Gasteiger partial charge is 0.262 e. The Hall–Kier alpha value is -3.59.